The first-order valence-corrected chi connectivity index (χ1v) is 11.7. The number of pyridine rings is 1. The Balaban J connectivity index is 2.05. The van der Waals surface area contributed by atoms with Crippen LogP contribution in [0.4, 0.5) is 0 Å². The van der Waals surface area contributed by atoms with Crippen molar-refractivity contribution in [3.8, 4) is 28.4 Å². The Hall–Kier alpha value is -2.94. The standard InChI is InChI=1S/C16H17N7O5S2/c1-23-7-10(8-23)29(25,26)12-4-3-11(9-2-5-13(24)18-6-9)14(15(12)30(17,27)28)16-19-21-22-20-16/h2-6,10H,7-8H2,1H3,(H,18,24)(H2,17,27,28)(H,19,20,21,22). The molecular formula is C16H17N7O5S2. The van der Waals surface area contributed by atoms with E-state index in [1.54, 1.807) is 11.9 Å². The molecule has 1 aromatic carbocycles. The molecule has 158 valence electrons. The molecule has 0 radical (unpaired) electrons. The van der Waals surface area contributed by atoms with Crippen LogP contribution in [0.2, 0.25) is 0 Å². The number of nitrogens with two attached hydrogens (primary N) is 1. The number of nitrogens with zero attached hydrogens (tertiary/aromatic N) is 5. The van der Waals surface area contributed by atoms with Gasteiger partial charge < -0.3 is 10.0 Å². The molecule has 0 amide bonds. The van der Waals surface area contributed by atoms with Crippen LogP contribution in [0.25, 0.3) is 22.5 Å². The highest BCUT2D eigenvalue weighted by molar-refractivity contribution is 7.94. The van der Waals surface area contributed by atoms with E-state index in [1.807, 2.05) is 0 Å². The highest BCUT2D eigenvalue weighted by Gasteiger charge is 2.40. The van der Waals surface area contributed by atoms with Crippen LogP contribution in [0.1, 0.15) is 0 Å². The van der Waals surface area contributed by atoms with E-state index in [-0.39, 0.29) is 35.9 Å². The predicted octanol–water partition coefficient (Wildman–Crippen LogP) is -0.631. The summed E-state index contributed by atoms with van der Waals surface area (Å²) in [6.45, 7) is 0.546. The van der Waals surface area contributed by atoms with E-state index < -0.39 is 34.9 Å². The summed E-state index contributed by atoms with van der Waals surface area (Å²) >= 11 is 0. The van der Waals surface area contributed by atoms with E-state index in [4.69, 9.17) is 5.14 Å². The van der Waals surface area contributed by atoms with Gasteiger partial charge in [-0.2, -0.15) is 0 Å². The van der Waals surface area contributed by atoms with Crippen molar-refractivity contribution >= 4 is 19.9 Å². The zero-order valence-electron chi connectivity index (χ0n) is 15.6. The molecular weight excluding hydrogens is 434 g/mol. The quantitative estimate of drug-likeness (QED) is 0.451. The van der Waals surface area contributed by atoms with Crippen LogP contribution >= 0.6 is 0 Å². The van der Waals surface area contributed by atoms with Crippen molar-refractivity contribution in [1.29, 1.82) is 0 Å². The molecule has 1 saturated heterocycles. The number of sulfone groups is 1. The number of aromatic amines is 1. The van der Waals surface area contributed by atoms with Gasteiger partial charge in [0, 0.05) is 36.5 Å². The molecule has 4 rings (SSSR count). The minimum atomic E-state index is -4.52. The molecule has 0 aliphatic carbocycles. The van der Waals surface area contributed by atoms with E-state index in [0.717, 1.165) is 0 Å². The first kappa shape index (κ1) is 20.3. The van der Waals surface area contributed by atoms with Crippen molar-refractivity contribution in [2.75, 3.05) is 20.1 Å². The molecule has 4 N–H and O–H groups in total. The Labute approximate surface area is 171 Å². The minimum absolute atomic E-state index is 0.0788. The number of primary sulfonamides is 1. The van der Waals surface area contributed by atoms with Gasteiger partial charge in [-0.3, -0.25) is 0 Å². The maximum atomic E-state index is 13.2. The van der Waals surface area contributed by atoms with Gasteiger partial charge in [-0.25, -0.2) is 32.1 Å². The zero-order valence-corrected chi connectivity index (χ0v) is 17.2. The molecule has 1 aliphatic heterocycles. The number of aromatic hydroxyl groups is 1. The van der Waals surface area contributed by atoms with Gasteiger partial charge in [-0.1, -0.05) is 6.07 Å². The lowest BCUT2D eigenvalue weighted by Crippen LogP contribution is -2.52. The summed E-state index contributed by atoms with van der Waals surface area (Å²) in [7, 11) is -6.77. The van der Waals surface area contributed by atoms with Gasteiger partial charge in [0.25, 0.3) is 0 Å². The number of H-pyrrole nitrogens is 1. The lowest BCUT2D eigenvalue weighted by atomic mass is 10.0. The summed E-state index contributed by atoms with van der Waals surface area (Å²) in [4.78, 5) is 4.58. The van der Waals surface area contributed by atoms with Gasteiger partial charge in [0.1, 0.15) is 4.90 Å². The third-order valence-corrected chi connectivity index (χ3v) is 8.07. The summed E-state index contributed by atoms with van der Waals surface area (Å²) in [5.41, 5.74) is 0.579. The van der Waals surface area contributed by atoms with Gasteiger partial charge in [0.15, 0.2) is 15.7 Å². The number of hydrogen-bond donors (Lipinski definition) is 3. The Bertz CT molecular complexity index is 1300. The van der Waals surface area contributed by atoms with Gasteiger partial charge in [0.2, 0.25) is 15.9 Å². The maximum Gasteiger partial charge on any atom is 0.240 e. The molecule has 0 atom stereocenters. The molecule has 0 bridgehead atoms. The number of hydrogen-bond acceptors (Lipinski definition) is 10. The van der Waals surface area contributed by atoms with E-state index in [0.29, 0.717) is 5.56 Å². The van der Waals surface area contributed by atoms with E-state index in [9.17, 15) is 21.9 Å². The van der Waals surface area contributed by atoms with Crippen molar-refractivity contribution in [1.82, 2.24) is 30.5 Å². The van der Waals surface area contributed by atoms with Crippen LogP contribution < -0.4 is 5.14 Å². The lowest BCUT2D eigenvalue weighted by molar-refractivity contribution is 0.231. The van der Waals surface area contributed by atoms with Crippen LogP contribution in [0.5, 0.6) is 5.88 Å². The first-order valence-electron chi connectivity index (χ1n) is 8.61. The third kappa shape index (κ3) is 3.43. The Kier molecular flexibility index (Phi) is 4.80. The van der Waals surface area contributed by atoms with Crippen LogP contribution in [-0.4, -0.2) is 77.8 Å². The molecule has 12 nitrogen and oxygen atoms in total. The Morgan fingerprint density at radius 2 is 1.90 bits per heavy atom. The lowest BCUT2D eigenvalue weighted by Gasteiger charge is -2.35. The topological polar surface area (TPSA) is 185 Å². The van der Waals surface area contributed by atoms with Crippen molar-refractivity contribution in [2.24, 2.45) is 5.14 Å². The van der Waals surface area contributed by atoms with Crippen LogP contribution in [-0.2, 0) is 19.9 Å². The second-order valence-electron chi connectivity index (χ2n) is 6.90. The van der Waals surface area contributed by atoms with Crippen LogP contribution in [0, 0.1) is 0 Å². The van der Waals surface area contributed by atoms with Gasteiger partial charge in [-0.05, 0) is 35.2 Å². The van der Waals surface area contributed by atoms with Gasteiger partial charge in [-0.15, -0.1) is 5.10 Å². The maximum absolute atomic E-state index is 13.2. The summed E-state index contributed by atoms with van der Waals surface area (Å²) in [6.07, 6.45) is 1.31. The molecule has 0 unspecified atom stereocenters. The van der Waals surface area contributed by atoms with Crippen LogP contribution in [0.3, 0.4) is 0 Å². The number of rotatable bonds is 5. The van der Waals surface area contributed by atoms with Gasteiger partial charge >= 0.3 is 0 Å². The number of nitrogens with one attached hydrogen (secondary N) is 1. The SMILES string of the molecule is CN1CC(S(=O)(=O)c2ccc(-c3ccc(O)nc3)c(-c3nnn[nH]3)c2S(N)(=O)=O)C1. The van der Waals surface area contributed by atoms with Crippen molar-refractivity contribution in [2.45, 2.75) is 15.0 Å². The third-order valence-electron chi connectivity index (χ3n) is 4.82. The van der Waals surface area contributed by atoms with Gasteiger partial charge in [0.05, 0.1) is 10.1 Å². The summed E-state index contributed by atoms with van der Waals surface area (Å²) < 4.78 is 51.6. The monoisotopic (exact) mass is 451 g/mol. The zero-order chi connectivity index (χ0) is 21.7. The average Bonchev–Trinajstić information content (AvgIpc) is 3.18. The molecule has 1 fully saturated rings. The fourth-order valence-electron chi connectivity index (χ4n) is 3.37. The fraction of sp³-hybridized carbons (Fsp3) is 0.250. The predicted molar refractivity (Wildman–Crippen MR) is 104 cm³/mol. The second-order valence-corrected chi connectivity index (χ2v) is 10.6. The highest BCUT2D eigenvalue weighted by Crippen LogP contribution is 2.40. The summed E-state index contributed by atoms with van der Waals surface area (Å²) in [5.74, 6) is -0.313. The number of benzene rings is 1. The average molecular weight is 451 g/mol. The molecule has 0 spiro atoms. The molecule has 3 heterocycles. The number of tetrazole rings is 1. The van der Waals surface area contributed by atoms with E-state index >= 15 is 0 Å². The highest BCUT2D eigenvalue weighted by atomic mass is 32.2. The number of sulfonamides is 1. The molecule has 1 aliphatic rings. The molecule has 0 saturated carbocycles. The Morgan fingerprint density at radius 1 is 1.17 bits per heavy atom. The van der Waals surface area contributed by atoms with E-state index in [2.05, 4.69) is 25.6 Å². The normalized spacial score (nSPS) is 15.8. The van der Waals surface area contributed by atoms with E-state index in [1.165, 1.54) is 30.5 Å². The number of aromatic nitrogens is 5. The fourth-order valence-corrected chi connectivity index (χ4v) is 6.79. The summed E-state index contributed by atoms with van der Waals surface area (Å²) in [5, 5.41) is 27.3. The largest absolute Gasteiger partial charge is 0.493 e. The Morgan fingerprint density at radius 3 is 2.43 bits per heavy atom. The van der Waals surface area contributed by atoms with Crippen molar-refractivity contribution in [3.05, 3.63) is 30.5 Å². The summed E-state index contributed by atoms with van der Waals surface area (Å²) in [6, 6.07) is 5.45. The van der Waals surface area contributed by atoms with Crippen LogP contribution in [0.15, 0.2) is 40.3 Å². The first-order chi connectivity index (χ1) is 14.1. The smallest absolute Gasteiger partial charge is 0.240 e. The second kappa shape index (κ2) is 7.09. The number of likely N-dealkylation sites (tertiary alicyclic amines) is 1. The molecule has 30 heavy (non-hydrogen) atoms. The molecule has 3 aromatic rings. The minimum Gasteiger partial charge on any atom is -0.493 e. The molecule has 2 aromatic heterocycles. The van der Waals surface area contributed by atoms with Crippen molar-refractivity contribution < 1.29 is 21.9 Å². The van der Waals surface area contributed by atoms with Crippen molar-refractivity contribution in [3.63, 3.8) is 0 Å². The molecule has 14 heteroatoms.